The predicted molar refractivity (Wildman–Crippen MR) is 143 cm³/mol. The molecule has 3 saturated carbocycles. The van der Waals surface area contributed by atoms with Gasteiger partial charge in [-0.3, -0.25) is 19.4 Å². The van der Waals surface area contributed by atoms with Crippen LogP contribution in [0.4, 0.5) is 5.82 Å². The quantitative estimate of drug-likeness (QED) is 0.446. The third-order valence-electron chi connectivity index (χ3n) is 10.0. The summed E-state index contributed by atoms with van der Waals surface area (Å²) >= 11 is 1.59. The van der Waals surface area contributed by atoms with Crippen LogP contribution in [0.5, 0.6) is 0 Å². The summed E-state index contributed by atoms with van der Waals surface area (Å²) in [6.07, 6.45) is 6.80. The Morgan fingerprint density at radius 1 is 0.944 bits per heavy atom. The van der Waals surface area contributed by atoms with E-state index in [1.807, 2.05) is 0 Å². The maximum Gasteiger partial charge on any atom is 0.233 e. The Hall–Kier alpha value is -2.25. The summed E-state index contributed by atoms with van der Waals surface area (Å²) in [5.41, 5.74) is 1.21. The van der Waals surface area contributed by atoms with Gasteiger partial charge in [-0.1, -0.05) is 37.1 Å². The minimum Gasteiger partial charge on any atom is -0.353 e. The van der Waals surface area contributed by atoms with E-state index in [4.69, 9.17) is 4.37 Å². The summed E-state index contributed by atoms with van der Waals surface area (Å²) in [6, 6.07) is 8.52. The molecule has 0 spiro atoms. The molecule has 0 N–H and O–H groups in total. The van der Waals surface area contributed by atoms with Gasteiger partial charge >= 0.3 is 0 Å². The van der Waals surface area contributed by atoms with Crippen LogP contribution in [-0.2, 0) is 9.59 Å². The highest BCUT2D eigenvalue weighted by Crippen LogP contribution is 2.58. The van der Waals surface area contributed by atoms with E-state index in [1.54, 1.807) is 16.4 Å². The molecule has 1 aromatic heterocycles. The number of carbonyl (C=O) groups is 2. The molecule has 5 fully saturated rings. The Balaban J connectivity index is 0.990. The Labute approximate surface area is 217 Å². The molecule has 2 bridgehead atoms. The van der Waals surface area contributed by atoms with Crippen LogP contribution < -0.4 is 4.90 Å². The van der Waals surface area contributed by atoms with E-state index < -0.39 is 0 Å². The van der Waals surface area contributed by atoms with Gasteiger partial charge in [-0.2, -0.15) is 4.37 Å². The molecular weight excluding hydrogens is 468 g/mol. The minimum absolute atomic E-state index is 0.0510. The van der Waals surface area contributed by atoms with Crippen LogP contribution in [0, 0.1) is 35.5 Å². The fourth-order valence-corrected chi connectivity index (χ4v) is 8.98. The number of fused-ring (bicyclic) bond motifs is 6. The van der Waals surface area contributed by atoms with Crippen molar-refractivity contribution in [1.29, 1.82) is 0 Å². The lowest BCUT2D eigenvalue weighted by Gasteiger charge is -2.40. The molecule has 3 aliphatic carbocycles. The number of benzene rings is 1. The third-order valence-corrected chi connectivity index (χ3v) is 10.9. The smallest absolute Gasteiger partial charge is 0.233 e. The molecule has 2 aromatic rings. The van der Waals surface area contributed by atoms with Crippen LogP contribution >= 0.6 is 11.5 Å². The maximum atomic E-state index is 13.4. The fraction of sp³-hybridized carbons (Fsp3) is 0.621. The Morgan fingerprint density at radius 2 is 1.67 bits per heavy atom. The lowest BCUT2D eigenvalue weighted by atomic mass is 9.78. The second-order valence-corrected chi connectivity index (χ2v) is 12.7. The molecule has 36 heavy (non-hydrogen) atoms. The highest BCUT2D eigenvalue weighted by Gasteiger charge is 2.62. The van der Waals surface area contributed by atoms with E-state index in [0.29, 0.717) is 24.3 Å². The molecule has 7 heteroatoms. The molecule has 0 radical (unpaired) electrons. The standard InChI is InChI=1S/C29H36N4O2S/c1-18-14-21-15-23(18)26-25(21)28(34)33(29(26)35)17-20-7-3-2-6-19(20)16-31-10-12-32(13-11-31)27-22-8-4-5-9-24(22)36-30-27/h4-5,8-9,19-21,23,25-26H,1-3,6-7,10-17H2/t19-,20-,21-,23-,25+,26-/m0/s1. The van der Waals surface area contributed by atoms with Gasteiger partial charge in [-0.15, -0.1) is 0 Å². The van der Waals surface area contributed by atoms with E-state index in [0.717, 1.165) is 57.8 Å². The molecular formula is C29H36N4O2S. The predicted octanol–water partition coefficient (Wildman–Crippen LogP) is 4.42. The number of nitrogens with zero attached hydrogens (tertiary/aromatic N) is 4. The number of rotatable bonds is 5. The molecule has 190 valence electrons. The van der Waals surface area contributed by atoms with E-state index >= 15 is 0 Å². The summed E-state index contributed by atoms with van der Waals surface area (Å²) in [5, 5.41) is 1.27. The van der Waals surface area contributed by atoms with Crippen molar-refractivity contribution >= 4 is 39.3 Å². The number of anilines is 1. The molecule has 6 atom stereocenters. The zero-order valence-corrected chi connectivity index (χ0v) is 21.8. The summed E-state index contributed by atoms with van der Waals surface area (Å²) in [4.78, 5) is 33.5. The van der Waals surface area contributed by atoms with Crippen LogP contribution in [0.2, 0.25) is 0 Å². The van der Waals surface area contributed by atoms with Crippen molar-refractivity contribution in [3.8, 4) is 0 Å². The Kier molecular flexibility index (Phi) is 5.69. The number of hydrogen-bond acceptors (Lipinski definition) is 6. The van der Waals surface area contributed by atoms with Crippen LogP contribution in [0.1, 0.15) is 38.5 Å². The van der Waals surface area contributed by atoms with Gasteiger partial charge in [0.05, 0.1) is 16.5 Å². The topological polar surface area (TPSA) is 56.8 Å². The summed E-state index contributed by atoms with van der Waals surface area (Å²) < 4.78 is 6.02. The monoisotopic (exact) mass is 504 g/mol. The molecule has 1 aromatic carbocycles. The Bertz CT molecular complexity index is 1200. The van der Waals surface area contributed by atoms with Crippen LogP contribution in [-0.4, -0.2) is 65.3 Å². The van der Waals surface area contributed by atoms with Gasteiger partial charge in [0.2, 0.25) is 11.8 Å². The van der Waals surface area contributed by atoms with Crippen molar-refractivity contribution in [2.75, 3.05) is 44.2 Å². The third kappa shape index (κ3) is 3.65. The number of piperazine rings is 1. The number of amides is 2. The molecule has 5 aliphatic rings. The second-order valence-electron chi connectivity index (χ2n) is 11.9. The van der Waals surface area contributed by atoms with E-state index in [-0.39, 0.29) is 29.6 Å². The van der Waals surface area contributed by atoms with Crippen molar-refractivity contribution in [3.63, 3.8) is 0 Å². The molecule has 2 saturated heterocycles. The van der Waals surface area contributed by atoms with Crippen molar-refractivity contribution in [3.05, 3.63) is 36.4 Å². The SMILES string of the molecule is C=C1C[C@H]2C[C@@H]1[C@@H]1C(=O)N(C[C@@H]3CCCC[C@H]3CN3CCN(c4nsc5ccccc45)CC3)C(=O)[C@H]21. The molecule has 2 aliphatic heterocycles. The summed E-state index contributed by atoms with van der Waals surface area (Å²) in [5.74, 6) is 2.87. The van der Waals surface area contributed by atoms with Crippen molar-refractivity contribution in [1.82, 2.24) is 14.2 Å². The van der Waals surface area contributed by atoms with Gasteiger partial charge in [0.15, 0.2) is 0 Å². The first-order valence-corrected chi connectivity index (χ1v) is 14.7. The van der Waals surface area contributed by atoms with E-state index in [2.05, 4.69) is 40.6 Å². The van der Waals surface area contributed by atoms with Crippen molar-refractivity contribution in [2.24, 2.45) is 35.5 Å². The van der Waals surface area contributed by atoms with Gasteiger partial charge in [-0.05, 0) is 73.0 Å². The number of aromatic nitrogens is 1. The number of imide groups is 1. The lowest BCUT2D eigenvalue weighted by molar-refractivity contribution is -0.142. The normalized spacial score (nSPS) is 34.8. The van der Waals surface area contributed by atoms with Gasteiger partial charge in [0.1, 0.15) is 5.82 Å². The molecule has 6 nitrogen and oxygen atoms in total. The maximum absolute atomic E-state index is 13.4. The van der Waals surface area contributed by atoms with Gasteiger partial charge in [-0.25, -0.2) is 0 Å². The average molecular weight is 505 g/mol. The van der Waals surface area contributed by atoms with Crippen molar-refractivity contribution in [2.45, 2.75) is 38.5 Å². The second kappa shape index (κ2) is 8.95. The number of allylic oxidation sites excluding steroid dienone is 1. The van der Waals surface area contributed by atoms with Crippen LogP contribution in [0.25, 0.3) is 10.1 Å². The van der Waals surface area contributed by atoms with Gasteiger partial charge in [0.25, 0.3) is 0 Å². The van der Waals surface area contributed by atoms with Crippen molar-refractivity contribution < 1.29 is 9.59 Å². The lowest BCUT2D eigenvalue weighted by Crippen LogP contribution is -2.49. The highest BCUT2D eigenvalue weighted by atomic mass is 32.1. The molecule has 7 rings (SSSR count). The van der Waals surface area contributed by atoms with Crippen LogP contribution in [0.3, 0.4) is 0 Å². The summed E-state index contributed by atoms with van der Waals surface area (Å²) in [7, 11) is 0. The van der Waals surface area contributed by atoms with E-state index in [9.17, 15) is 9.59 Å². The minimum atomic E-state index is -0.0966. The number of hydrogen-bond donors (Lipinski definition) is 0. The fourth-order valence-electron chi connectivity index (χ4n) is 8.19. The summed E-state index contributed by atoms with van der Waals surface area (Å²) in [6.45, 7) is 10.1. The average Bonchev–Trinajstić information content (AvgIpc) is 3.64. The zero-order chi connectivity index (χ0) is 24.4. The first-order valence-electron chi connectivity index (χ1n) is 13.9. The van der Waals surface area contributed by atoms with E-state index in [1.165, 1.54) is 34.9 Å². The number of carbonyl (C=O) groups excluding carboxylic acids is 2. The Morgan fingerprint density at radius 3 is 2.47 bits per heavy atom. The van der Waals surface area contributed by atoms with Gasteiger partial charge < -0.3 is 4.90 Å². The number of likely N-dealkylation sites (tertiary alicyclic amines) is 1. The largest absolute Gasteiger partial charge is 0.353 e. The molecule has 2 amide bonds. The molecule has 3 heterocycles. The van der Waals surface area contributed by atoms with Crippen LogP contribution in [0.15, 0.2) is 36.4 Å². The molecule has 0 unspecified atom stereocenters. The van der Waals surface area contributed by atoms with Gasteiger partial charge in [0, 0.05) is 44.7 Å². The zero-order valence-electron chi connectivity index (χ0n) is 21.0. The first-order chi connectivity index (χ1) is 17.6. The highest BCUT2D eigenvalue weighted by molar-refractivity contribution is 7.13. The first kappa shape index (κ1) is 22.9.